The van der Waals surface area contributed by atoms with Gasteiger partial charge in [0, 0.05) is 24.0 Å². The molecule has 1 saturated heterocycles. The van der Waals surface area contributed by atoms with Crippen LogP contribution in [0.4, 0.5) is 4.39 Å². The first-order valence-corrected chi connectivity index (χ1v) is 8.12. The Kier molecular flexibility index (Phi) is 5.56. The highest BCUT2D eigenvalue weighted by molar-refractivity contribution is 9.10. The predicted molar refractivity (Wildman–Crippen MR) is 83.9 cm³/mol. The van der Waals surface area contributed by atoms with Crippen molar-refractivity contribution in [1.82, 2.24) is 4.90 Å². The Morgan fingerprint density at radius 1 is 1.45 bits per heavy atom. The van der Waals surface area contributed by atoms with Crippen LogP contribution in [-0.4, -0.2) is 35.0 Å². The second-order valence-corrected chi connectivity index (χ2v) is 6.64. The summed E-state index contributed by atoms with van der Waals surface area (Å²) in [7, 11) is 0. The highest BCUT2D eigenvalue weighted by atomic mass is 79.9. The summed E-state index contributed by atoms with van der Waals surface area (Å²) in [4.78, 5) is 25.1. The summed E-state index contributed by atoms with van der Waals surface area (Å²) in [5.41, 5.74) is 0.766. The number of likely N-dealkylation sites (tertiary alicyclic amines) is 1. The first kappa shape index (κ1) is 16.9. The minimum absolute atomic E-state index is 0.00755. The zero-order valence-electron chi connectivity index (χ0n) is 12.4. The molecule has 120 valence electrons. The summed E-state index contributed by atoms with van der Waals surface area (Å²) in [5, 5.41) is 9.10. The van der Waals surface area contributed by atoms with E-state index in [0.29, 0.717) is 32.4 Å². The minimum Gasteiger partial charge on any atom is -0.481 e. The fraction of sp³-hybridized carbons (Fsp3) is 0.500. The summed E-state index contributed by atoms with van der Waals surface area (Å²) in [6.45, 7) is 2.81. The van der Waals surface area contributed by atoms with E-state index in [1.54, 1.807) is 11.0 Å². The maximum atomic E-state index is 13.2. The van der Waals surface area contributed by atoms with E-state index in [1.807, 2.05) is 6.92 Å². The topological polar surface area (TPSA) is 57.6 Å². The number of nitrogens with zero attached hydrogens (tertiary/aromatic N) is 1. The van der Waals surface area contributed by atoms with E-state index >= 15 is 0 Å². The van der Waals surface area contributed by atoms with Crippen molar-refractivity contribution in [3.63, 3.8) is 0 Å². The number of benzene rings is 1. The summed E-state index contributed by atoms with van der Waals surface area (Å²) >= 11 is 3.35. The lowest BCUT2D eigenvalue weighted by Crippen LogP contribution is -2.45. The van der Waals surface area contributed by atoms with E-state index in [4.69, 9.17) is 5.11 Å². The molecule has 0 aliphatic carbocycles. The van der Waals surface area contributed by atoms with Crippen LogP contribution in [0.2, 0.25) is 0 Å². The molecule has 1 aliphatic rings. The van der Waals surface area contributed by atoms with Crippen LogP contribution in [0.15, 0.2) is 22.7 Å². The van der Waals surface area contributed by atoms with E-state index in [0.717, 1.165) is 10.0 Å². The van der Waals surface area contributed by atoms with Gasteiger partial charge < -0.3 is 10.0 Å². The predicted octanol–water partition coefficient (Wildman–Crippen LogP) is 3.09. The number of carbonyl (C=O) groups excluding carboxylic acids is 1. The Balaban J connectivity index is 1.91. The molecule has 0 bridgehead atoms. The van der Waals surface area contributed by atoms with Crippen LogP contribution in [-0.2, 0) is 16.0 Å². The van der Waals surface area contributed by atoms with Crippen LogP contribution in [0.5, 0.6) is 0 Å². The van der Waals surface area contributed by atoms with E-state index in [9.17, 15) is 14.0 Å². The Hall–Kier alpha value is -1.43. The third kappa shape index (κ3) is 4.06. The minimum atomic E-state index is -0.789. The van der Waals surface area contributed by atoms with E-state index < -0.39 is 5.97 Å². The number of hydrogen-bond acceptors (Lipinski definition) is 2. The van der Waals surface area contributed by atoms with E-state index in [1.165, 1.54) is 12.1 Å². The molecule has 0 aromatic heterocycles. The molecule has 1 aliphatic heterocycles. The summed E-state index contributed by atoms with van der Waals surface area (Å²) in [6.07, 6.45) is 1.25. The molecule has 2 rings (SSSR count). The number of aryl methyl sites for hydroxylation is 1. The Morgan fingerprint density at radius 2 is 2.18 bits per heavy atom. The maximum absolute atomic E-state index is 13.2. The van der Waals surface area contributed by atoms with Gasteiger partial charge >= 0.3 is 5.97 Å². The van der Waals surface area contributed by atoms with Crippen molar-refractivity contribution in [2.75, 3.05) is 13.1 Å². The second-order valence-electron chi connectivity index (χ2n) is 5.79. The van der Waals surface area contributed by atoms with Gasteiger partial charge in [0.2, 0.25) is 5.91 Å². The van der Waals surface area contributed by atoms with Crippen molar-refractivity contribution in [2.24, 2.45) is 11.8 Å². The quantitative estimate of drug-likeness (QED) is 0.884. The van der Waals surface area contributed by atoms with Crippen molar-refractivity contribution in [2.45, 2.75) is 26.2 Å². The molecule has 1 heterocycles. The molecule has 6 heteroatoms. The maximum Gasteiger partial charge on any atom is 0.306 e. The van der Waals surface area contributed by atoms with Crippen molar-refractivity contribution in [3.05, 3.63) is 34.1 Å². The molecule has 1 fully saturated rings. The average Bonchev–Trinajstić information content (AvgIpc) is 2.47. The number of hydrogen-bond donors (Lipinski definition) is 1. The summed E-state index contributed by atoms with van der Waals surface area (Å²) < 4.78 is 14.0. The fourth-order valence-corrected chi connectivity index (χ4v) is 3.32. The van der Waals surface area contributed by atoms with Gasteiger partial charge in [-0.25, -0.2) is 4.39 Å². The van der Waals surface area contributed by atoms with Gasteiger partial charge in [-0.2, -0.15) is 0 Å². The molecule has 1 aromatic rings. The lowest BCUT2D eigenvalue weighted by molar-refractivity contribution is -0.148. The molecule has 0 radical (unpaired) electrons. The number of piperidine rings is 1. The van der Waals surface area contributed by atoms with Crippen LogP contribution >= 0.6 is 15.9 Å². The van der Waals surface area contributed by atoms with Crippen LogP contribution in [0.1, 0.15) is 25.3 Å². The summed E-state index contributed by atoms with van der Waals surface area (Å²) in [6, 6.07) is 4.43. The van der Waals surface area contributed by atoms with E-state index in [2.05, 4.69) is 15.9 Å². The van der Waals surface area contributed by atoms with Crippen molar-refractivity contribution in [3.8, 4) is 0 Å². The molecule has 1 aromatic carbocycles. The molecule has 0 saturated carbocycles. The first-order chi connectivity index (χ1) is 10.4. The molecule has 4 nitrogen and oxygen atoms in total. The highest BCUT2D eigenvalue weighted by Gasteiger charge is 2.32. The zero-order valence-corrected chi connectivity index (χ0v) is 14.0. The van der Waals surface area contributed by atoms with E-state index in [-0.39, 0.29) is 23.6 Å². The Labute approximate surface area is 137 Å². The van der Waals surface area contributed by atoms with Crippen LogP contribution in [0, 0.1) is 17.7 Å². The highest BCUT2D eigenvalue weighted by Crippen LogP contribution is 2.25. The van der Waals surface area contributed by atoms with Crippen LogP contribution < -0.4 is 0 Å². The monoisotopic (exact) mass is 371 g/mol. The molecule has 1 amide bonds. The van der Waals surface area contributed by atoms with Gasteiger partial charge in [0.1, 0.15) is 5.82 Å². The molecule has 2 unspecified atom stereocenters. The van der Waals surface area contributed by atoms with Gasteiger partial charge in [0.15, 0.2) is 0 Å². The van der Waals surface area contributed by atoms with Gasteiger partial charge in [-0.05, 0) is 42.5 Å². The zero-order chi connectivity index (χ0) is 16.3. The molecule has 0 spiro atoms. The van der Waals surface area contributed by atoms with Gasteiger partial charge in [0.05, 0.1) is 5.92 Å². The Bertz CT molecular complexity index is 579. The Morgan fingerprint density at radius 3 is 2.82 bits per heavy atom. The summed E-state index contributed by atoms with van der Waals surface area (Å²) in [5.74, 6) is -1.53. The normalized spacial score (nSPS) is 21.7. The van der Waals surface area contributed by atoms with Gasteiger partial charge in [-0.1, -0.05) is 22.9 Å². The molecule has 1 N–H and O–H groups in total. The van der Waals surface area contributed by atoms with Crippen LogP contribution in [0.3, 0.4) is 0 Å². The number of carboxylic acid groups (broad SMARTS) is 1. The number of aliphatic carboxylic acids is 1. The first-order valence-electron chi connectivity index (χ1n) is 7.33. The van der Waals surface area contributed by atoms with Crippen molar-refractivity contribution >= 4 is 27.8 Å². The third-order valence-corrected chi connectivity index (χ3v) is 4.96. The second kappa shape index (κ2) is 7.22. The molecular formula is C16H19BrFNO3. The van der Waals surface area contributed by atoms with Gasteiger partial charge in [0.25, 0.3) is 0 Å². The average molecular weight is 372 g/mol. The number of carbonyl (C=O) groups is 2. The SMILES string of the molecule is CC1CN(C(=O)CCc2cc(F)ccc2Br)CCC1C(=O)O. The van der Waals surface area contributed by atoms with Crippen LogP contribution in [0.25, 0.3) is 0 Å². The number of rotatable bonds is 4. The number of halogens is 2. The third-order valence-electron chi connectivity index (χ3n) is 4.19. The van der Waals surface area contributed by atoms with Gasteiger partial charge in [-0.3, -0.25) is 9.59 Å². The lowest BCUT2D eigenvalue weighted by atomic mass is 9.87. The molecule has 22 heavy (non-hydrogen) atoms. The van der Waals surface area contributed by atoms with Crippen molar-refractivity contribution < 1.29 is 19.1 Å². The van der Waals surface area contributed by atoms with Gasteiger partial charge in [-0.15, -0.1) is 0 Å². The molecular weight excluding hydrogens is 353 g/mol. The number of amides is 1. The fourth-order valence-electron chi connectivity index (χ4n) is 2.87. The molecule has 2 atom stereocenters. The van der Waals surface area contributed by atoms with Crippen molar-refractivity contribution in [1.29, 1.82) is 0 Å². The largest absolute Gasteiger partial charge is 0.481 e. The smallest absolute Gasteiger partial charge is 0.306 e. The standard InChI is InChI=1S/C16H19BrFNO3/c1-10-9-19(7-6-13(10)16(21)22)15(20)5-2-11-8-12(18)3-4-14(11)17/h3-4,8,10,13H,2,5-7,9H2,1H3,(H,21,22). The lowest BCUT2D eigenvalue weighted by Gasteiger charge is -2.35. The number of carboxylic acids is 1.